The minimum absolute atomic E-state index is 0. The average molecular weight is 324 g/mol. The highest BCUT2D eigenvalue weighted by molar-refractivity contribution is 6.07. The number of hydrogen-bond donors (Lipinski definition) is 2. The van der Waals surface area contributed by atoms with Crippen LogP contribution >= 0.6 is 12.4 Å². The third kappa shape index (κ3) is 2.48. The Morgan fingerprint density at radius 1 is 1.18 bits per heavy atom. The molecule has 5 nitrogen and oxygen atoms in total. The van der Waals surface area contributed by atoms with Crippen LogP contribution in [0.2, 0.25) is 0 Å². The van der Waals surface area contributed by atoms with Gasteiger partial charge in [-0.1, -0.05) is 44.2 Å². The third-order valence-electron chi connectivity index (χ3n) is 4.76. The molecule has 0 saturated carbocycles. The fourth-order valence-corrected chi connectivity index (χ4v) is 3.33. The average Bonchev–Trinajstić information content (AvgIpc) is 2.69. The Kier molecular flexibility index (Phi) is 4.49. The molecule has 1 spiro atoms. The number of nitrogens with one attached hydrogen (secondary N) is 2. The molecule has 2 aliphatic rings. The van der Waals surface area contributed by atoms with Crippen molar-refractivity contribution in [2.45, 2.75) is 32.4 Å². The van der Waals surface area contributed by atoms with Crippen molar-refractivity contribution in [2.75, 3.05) is 13.1 Å². The molecule has 0 radical (unpaired) electrons. The first-order chi connectivity index (χ1) is 9.96. The molecule has 120 valence electrons. The van der Waals surface area contributed by atoms with Crippen molar-refractivity contribution in [1.29, 1.82) is 0 Å². The van der Waals surface area contributed by atoms with Gasteiger partial charge in [0.25, 0.3) is 5.91 Å². The maximum Gasteiger partial charge on any atom is 0.325 e. The van der Waals surface area contributed by atoms with E-state index in [9.17, 15) is 9.59 Å². The van der Waals surface area contributed by atoms with Crippen molar-refractivity contribution in [1.82, 2.24) is 15.5 Å². The zero-order chi connectivity index (χ0) is 15.1. The van der Waals surface area contributed by atoms with Crippen LogP contribution in [-0.4, -0.2) is 35.5 Å². The largest absolute Gasteiger partial charge is 0.325 e. The Labute approximate surface area is 136 Å². The Bertz CT molecular complexity index is 576. The molecule has 3 rings (SSSR count). The minimum atomic E-state index is -0.774. The fourth-order valence-electron chi connectivity index (χ4n) is 3.33. The van der Waals surface area contributed by atoms with Crippen molar-refractivity contribution in [3.8, 4) is 0 Å². The lowest BCUT2D eigenvalue weighted by Gasteiger charge is -2.45. The molecule has 2 fully saturated rings. The summed E-state index contributed by atoms with van der Waals surface area (Å²) < 4.78 is 0. The predicted molar refractivity (Wildman–Crippen MR) is 86.8 cm³/mol. The molecule has 0 aromatic heterocycles. The number of rotatable bonds is 2. The number of amides is 3. The molecule has 2 saturated heterocycles. The number of carbonyl (C=O) groups is 2. The van der Waals surface area contributed by atoms with Crippen LogP contribution in [0.4, 0.5) is 4.79 Å². The number of piperidine rings is 1. The van der Waals surface area contributed by atoms with Gasteiger partial charge >= 0.3 is 6.03 Å². The standard InChI is InChI=1S/C16H21N3O2.ClH/c1-15(2)11-17-9-8-16(15)13(20)19(14(21)18-16)10-12-6-4-3-5-7-12;/h3-7,17H,8-11H2,1-2H3,(H,18,21);1H. The van der Waals surface area contributed by atoms with Gasteiger partial charge in [-0.15, -0.1) is 12.4 Å². The smallest absolute Gasteiger partial charge is 0.322 e. The lowest BCUT2D eigenvalue weighted by Crippen LogP contribution is -2.65. The second-order valence-corrected chi connectivity index (χ2v) is 6.52. The minimum Gasteiger partial charge on any atom is -0.322 e. The van der Waals surface area contributed by atoms with Crippen molar-refractivity contribution in [3.63, 3.8) is 0 Å². The van der Waals surface area contributed by atoms with E-state index in [1.807, 2.05) is 44.2 Å². The van der Waals surface area contributed by atoms with Gasteiger partial charge in [-0.2, -0.15) is 0 Å². The van der Waals surface area contributed by atoms with Crippen LogP contribution in [0.1, 0.15) is 25.8 Å². The second kappa shape index (κ2) is 5.89. The molecule has 3 amide bonds. The SMILES string of the molecule is CC1(C)CNCCC12NC(=O)N(Cc1ccccc1)C2=O.Cl. The highest BCUT2D eigenvalue weighted by Crippen LogP contribution is 2.40. The van der Waals surface area contributed by atoms with Gasteiger partial charge in [-0.05, 0) is 18.5 Å². The molecule has 2 N–H and O–H groups in total. The first-order valence-corrected chi connectivity index (χ1v) is 7.35. The number of hydrogen-bond acceptors (Lipinski definition) is 3. The van der Waals surface area contributed by atoms with E-state index in [1.54, 1.807) is 0 Å². The highest BCUT2D eigenvalue weighted by atomic mass is 35.5. The van der Waals surface area contributed by atoms with E-state index in [0.717, 1.165) is 18.7 Å². The van der Waals surface area contributed by atoms with Crippen LogP contribution in [0.3, 0.4) is 0 Å². The Hall–Kier alpha value is -1.59. The molecule has 1 atom stereocenters. The number of imide groups is 1. The molecular weight excluding hydrogens is 302 g/mol. The van der Waals surface area contributed by atoms with Crippen LogP contribution in [0, 0.1) is 5.41 Å². The summed E-state index contributed by atoms with van der Waals surface area (Å²) in [6, 6.07) is 9.33. The number of nitrogens with zero attached hydrogens (tertiary/aromatic N) is 1. The topological polar surface area (TPSA) is 61.4 Å². The summed E-state index contributed by atoms with van der Waals surface area (Å²) in [6.07, 6.45) is 0.635. The maximum absolute atomic E-state index is 12.9. The lowest BCUT2D eigenvalue weighted by molar-refractivity contribution is -0.137. The number of urea groups is 1. The van der Waals surface area contributed by atoms with Crippen LogP contribution in [0.15, 0.2) is 30.3 Å². The van der Waals surface area contributed by atoms with Crippen molar-refractivity contribution >= 4 is 24.3 Å². The monoisotopic (exact) mass is 323 g/mol. The van der Waals surface area contributed by atoms with Gasteiger partial charge in [0.2, 0.25) is 0 Å². The molecule has 0 bridgehead atoms. The predicted octanol–water partition coefficient (Wildman–Crippen LogP) is 1.92. The van der Waals surface area contributed by atoms with E-state index < -0.39 is 5.54 Å². The van der Waals surface area contributed by atoms with Gasteiger partial charge in [-0.25, -0.2) is 4.79 Å². The van der Waals surface area contributed by atoms with Gasteiger partial charge in [0.05, 0.1) is 6.54 Å². The van der Waals surface area contributed by atoms with Gasteiger partial charge < -0.3 is 10.6 Å². The number of benzene rings is 1. The molecule has 1 aromatic carbocycles. The molecular formula is C16H22ClN3O2. The van der Waals surface area contributed by atoms with Crippen molar-refractivity contribution in [3.05, 3.63) is 35.9 Å². The van der Waals surface area contributed by atoms with E-state index in [-0.39, 0.29) is 29.8 Å². The van der Waals surface area contributed by atoms with Crippen molar-refractivity contribution < 1.29 is 9.59 Å². The van der Waals surface area contributed by atoms with Crippen LogP contribution in [-0.2, 0) is 11.3 Å². The van der Waals surface area contributed by atoms with E-state index in [1.165, 1.54) is 4.90 Å². The molecule has 1 unspecified atom stereocenters. The zero-order valence-corrected chi connectivity index (χ0v) is 13.7. The van der Waals surface area contributed by atoms with E-state index in [4.69, 9.17) is 0 Å². The summed E-state index contributed by atoms with van der Waals surface area (Å²) in [4.78, 5) is 26.6. The summed E-state index contributed by atoms with van der Waals surface area (Å²) in [5.41, 5.74) is -0.113. The first kappa shape index (κ1) is 16.8. The van der Waals surface area contributed by atoms with Crippen LogP contribution in [0.25, 0.3) is 0 Å². The molecule has 2 heterocycles. The van der Waals surface area contributed by atoms with Crippen molar-refractivity contribution in [2.24, 2.45) is 5.41 Å². The summed E-state index contributed by atoms with van der Waals surface area (Å²) in [5, 5.41) is 6.28. The zero-order valence-electron chi connectivity index (χ0n) is 12.9. The van der Waals surface area contributed by atoms with Gasteiger partial charge in [0, 0.05) is 12.0 Å². The lowest BCUT2D eigenvalue weighted by atomic mass is 9.68. The van der Waals surface area contributed by atoms with Crippen LogP contribution in [0.5, 0.6) is 0 Å². The highest BCUT2D eigenvalue weighted by Gasteiger charge is 2.60. The number of carbonyl (C=O) groups excluding carboxylic acids is 2. The van der Waals surface area contributed by atoms with E-state index >= 15 is 0 Å². The van der Waals surface area contributed by atoms with E-state index in [2.05, 4.69) is 10.6 Å². The molecule has 1 aromatic rings. The second-order valence-electron chi connectivity index (χ2n) is 6.52. The normalized spacial score (nSPS) is 26.7. The van der Waals surface area contributed by atoms with Gasteiger partial charge in [0.15, 0.2) is 0 Å². The Morgan fingerprint density at radius 2 is 1.86 bits per heavy atom. The maximum atomic E-state index is 12.9. The van der Waals surface area contributed by atoms with Crippen LogP contribution < -0.4 is 10.6 Å². The van der Waals surface area contributed by atoms with E-state index in [0.29, 0.717) is 13.0 Å². The molecule has 2 aliphatic heterocycles. The summed E-state index contributed by atoms with van der Waals surface area (Å²) in [6.45, 7) is 5.86. The molecule has 22 heavy (non-hydrogen) atoms. The number of halogens is 1. The van der Waals surface area contributed by atoms with Gasteiger partial charge in [-0.3, -0.25) is 9.69 Å². The Morgan fingerprint density at radius 3 is 2.50 bits per heavy atom. The first-order valence-electron chi connectivity index (χ1n) is 7.35. The quantitative estimate of drug-likeness (QED) is 0.817. The fraction of sp³-hybridized carbons (Fsp3) is 0.500. The summed E-state index contributed by atoms with van der Waals surface area (Å²) in [5.74, 6) is -0.0946. The third-order valence-corrected chi connectivity index (χ3v) is 4.76. The summed E-state index contributed by atoms with van der Waals surface area (Å²) in [7, 11) is 0. The Balaban J connectivity index is 0.00000176. The summed E-state index contributed by atoms with van der Waals surface area (Å²) >= 11 is 0. The van der Waals surface area contributed by atoms with Gasteiger partial charge in [0.1, 0.15) is 5.54 Å². The molecule has 0 aliphatic carbocycles. The molecule has 6 heteroatoms.